The molecule has 0 atom stereocenters. The Morgan fingerprint density at radius 2 is 2.00 bits per heavy atom. The van der Waals surface area contributed by atoms with Gasteiger partial charge >= 0.3 is 21.6 Å². The molecule has 0 unspecified atom stereocenters. The predicted octanol–water partition coefficient (Wildman–Crippen LogP) is 1.67. The molecule has 0 aliphatic heterocycles. The standard InChI is InChI=1S/C6H3F3O5S2/c7-6(8,9)16(12,13)14-5-3(4(10)11)1-2-15-5/h1-2H,(H,10,11). The maximum atomic E-state index is 11.9. The van der Waals surface area contributed by atoms with Crippen LogP contribution in [0.4, 0.5) is 13.2 Å². The number of carbonyl (C=O) groups is 1. The third kappa shape index (κ3) is 2.44. The second kappa shape index (κ2) is 3.94. The zero-order valence-corrected chi connectivity index (χ0v) is 8.82. The fraction of sp³-hybridized carbons (Fsp3) is 0.167. The van der Waals surface area contributed by atoms with Crippen LogP contribution in [0.5, 0.6) is 5.06 Å². The van der Waals surface area contributed by atoms with Crippen molar-refractivity contribution in [2.75, 3.05) is 0 Å². The van der Waals surface area contributed by atoms with Crippen LogP contribution in [0.2, 0.25) is 0 Å². The normalized spacial score (nSPS) is 12.4. The van der Waals surface area contributed by atoms with Gasteiger partial charge in [-0.05, 0) is 11.4 Å². The molecule has 0 saturated carbocycles. The molecule has 0 bridgehead atoms. The summed E-state index contributed by atoms with van der Waals surface area (Å²) in [5.74, 6) is -1.58. The van der Waals surface area contributed by atoms with Crippen LogP contribution in [0.25, 0.3) is 0 Å². The van der Waals surface area contributed by atoms with Gasteiger partial charge in [0.15, 0.2) is 0 Å². The summed E-state index contributed by atoms with van der Waals surface area (Å²) in [6.07, 6.45) is 0. The molecule has 0 radical (unpaired) electrons. The van der Waals surface area contributed by atoms with Gasteiger partial charge in [-0.2, -0.15) is 21.6 Å². The number of carboxylic acids is 1. The van der Waals surface area contributed by atoms with Crippen LogP contribution in [0.1, 0.15) is 10.4 Å². The fourth-order valence-electron chi connectivity index (χ4n) is 0.665. The number of aromatic carboxylic acids is 1. The number of thiophene rings is 1. The lowest BCUT2D eigenvalue weighted by Gasteiger charge is -2.08. The van der Waals surface area contributed by atoms with Gasteiger partial charge in [0.2, 0.25) is 5.06 Å². The van der Waals surface area contributed by atoms with Gasteiger partial charge in [0.1, 0.15) is 5.56 Å². The quantitative estimate of drug-likeness (QED) is 0.671. The summed E-state index contributed by atoms with van der Waals surface area (Å²) in [7, 11) is -5.83. The van der Waals surface area contributed by atoms with Gasteiger partial charge < -0.3 is 9.29 Å². The SMILES string of the molecule is O=C(O)c1ccsc1OS(=O)(=O)C(F)(F)F. The molecule has 0 saturated heterocycles. The Morgan fingerprint density at radius 3 is 2.44 bits per heavy atom. The second-order valence-electron chi connectivity index (χ2n) is 2.41. The first-order valence-corrected chi connectivity index (χ1v) is 5.75. The number of rotatable bonds is 3. The van der Waals surface area contributed by atoms with Crippen molar-refractivity contribution in [3.8, 4) is 5.06 Å². The molecule has 16 heavy (non-hydrogen) atoms. The van der Waals surface area contributed by atoms with E-state index < -0.39 is 32.2 Å². The lowest BCUT2D eigenvalue weighted by molar-refractivity contribution is -0.0499. The predicted molar refractivity (Wildman–Crippen MR) is 46.9 cm³/mol. The highest BCUT2D eigenvalue weighted by Gasteiger charge is 2.49. The minimum atomic E-state index is -5.83. The Labute approximate surface area is 91.2 Å². The van der Waals surface area contributed by atoms with Crippen molar-refractivity contribution in [1.29, 1.82) is 0 Å². The molecule has 0 amide bonds. The smallest absolute Gasteiger partial charge is 0.478 e. The molecule has 90 valence electrons. The average Bonchev–Trinajstić information content (AvgIpc) is 2.49. The molecule has 0 fully saturated rings. The molecular weight excluding hydrogens is 273 g/mol. The van der Waals surface area contributed by atoms with Crippen molar-refractivity contribution in [2.45, 2.75) is 5.51 Å². The van der Waals surface area contributed by atoms with E-state index in [4.69, 9.17) is 5.11 Å². The molecule has 0 spiro atoms. The Bertz CT molecular complexity index is 500. The second-order valence-corrected chi connectivity index (χ2v) is 4.83. The van der Waals surface area contributed by atoms with E-state index in [1.165, 1.54) is 0 Å². The van der Waals surface area contributed by atoms with Crippen LogP contribution in [-0.2, 0) is 10.1 Å². The van der Waals surface area contributed by atoms with E-state index >= 15 is 0 Å². The summed E-state index contributed by atoms with van der Waals surface area (Å²) in [4.78, 5) is 10.5. The highest BCUT2D eigenvalue weighted by atomic mass is 32.2. The molecule has 1 aromatic heterocycles. The average molecular weight is 276 g/mol. The zero-order valence-electron chi connectivity index (χ0n) is 7.19. The van der Waals surface area contributed by atoms with Crippen LogP contribution in [0, 0.1) is 0 Å². The van der Waals surface area contributed by atoms with Gasteiger partial charge in [0.05, 0.1) is 0 Å². The van der Waals surface area contributed by atoms with Gasteiger partial charge in [-0.25, -0.2) is 4.79 Å². The summed E-state index contributed by atoms with van der Waals surface area (Å²) in [6.45, 7) is 0. The molecule has 1 heterocycles. The molecule has 1 rings (SSSR count). The van der Waals surface area contributed by atoms with E-state index in [0.29, 0.717) is 11.3 Å². The maximum Gasteiger partial charge on any atom is 0.534 e. The van der Waals surface area contributed by atoms with E-state index in [1.54, 1.807) is 0 Å². The minimum Gasteiger partial charge on any atom is -0.478 e. The van der Waals surface area contributed by atoms with Crippen molar-refractivity contribution < 1.29 is 35.7 Å². The highest BCUT2D eigenvalue weighted by Crippen LogP contribution is 2.32. The largest absolute Gasteiger partial charge is 0.534 e. The van der Waals surface area contributed by atoms with Crippen LogP contribution in [-0.4, -0.2) is 25.0 Å². The third-order valence-corrected chi connectivity index (χ3v) is 3.18. The van der Waals surface area contributed by atoms with Gasteiger partial charge in [-0.15, -0.1) is 11.3 Å². The van der Waals surface area contributed by atoms with Crippen LogP contribution < -0.4 is 4.18 Å². The molecule has 5 nitrogen and oxygen atoms in total. The maximum absolute atomic E-state index is 11.9. The lowest BCUT2D eigenvalue weighted by atomic mass is 10.3. The van der Waals surface area contributed by atoms with E-state index in [-0.39, 0.29) is 0 Å². The summed E-state index contributed by atoms with van der Waals surface area (Å²) in [5, 5.41) is 8.78. The van der Waals surface area contributed by atoms with Crippen LogP contribution in [0.15, 0.2) is 11.4 Å². The summed E-state index contributed by atoms with van der Waals surface area (Å²) in [6, 6.07) is 0.939. The van der Waals surface area contributed by atoms with Crippen molar-refractivity contribution in [1.82, 2.24) is 0 Å². The number of halogens is 3. The molecule has 1 aromatic rings. The highest BCUT2D eigenvalue weighted by molar-refractivity contribution is 7.88. The van der Waals surface area contributed by atoms with Crippen molar-refractivity contribution >= 4 is 27.4 Å². The Kier molecular flexibility index (Phi) is 3.15. The van der Waals surface area contributed by atoms with E-state index in [2.05, 4.69) is 4.18 Å². The topological polar surface area (TPSA) is 80.7 Å². The van der Waals surface area contributed by atoms with Gasteiger partial charge in [-0.1, -0.05) is 0 Å². The molecule has 1 N–H and O–H groups in total. The van der Waals surface area contributed by atoms with Gasteiger partial charge in [-0.3, -0.25) is 0 Å². The first-order chi connectivity index (χ1) is 7.15. The van der Waals surface area contributed by atoms with Gasteiger partial charge in [0, 0.05) is 0 Å². The number of hydrogen-bond donors (Lipinski definition) is 1. The fourth-order valence-corrected chi connectivity index (χ4v) is 2.08. The molecule has 10 heteroatoms. The summed E-state index contributed by atoms with van der Waals surface area (Å²) in [5.41, 5.74) is -6.23. The van der Waals surface area contributed by atoms with Crippen molar-refractivity contribution in [3.05, 3.63) is 17.0 Å². The van der Waals surface area contributed by atoms with Crippen LogP contribution >= 0.6 is 11.3 Å². The van der Waals surface area contributed by atoms with Gasteiger partial charge in [0.25, 0.3) is 0 Å². The molecular formula is C6H3F3O5S2. The molecule has 0 aliphatic rings. The summed E-state index contributed by atoms with van der Waals surface area (Å²) >= 11 is 0.439. The van der Waals surface area contributed by atoms with E-state index in [9.17, 15) is 26.4 Å². The molecule has 0 aromatic carbocycles. The first kappa shape index (κ1) is 12.8. The molecule has 0 aliphatic carbocycles. The first-order valence-electron chi connectivity index (χ1n) is 3.46. The minimum absolute atomic E-state index is 0.439. The Hall–Kier alpha value is -1.29. The number of alkyl halides is 3. The van der Waals surface area contributed by atoms with E-state index in [0.717, 1.165) is 11.4 Å². The Balaban J connectivity index is 3.07. The number of hydrogen-bond acceptors (Lipinski definition) is 5. The zero-order chi connectivity index (χ0) is 12.6. The monoisotopic (exact) mass is 276 g/mol. The lowest BCUT2D eigenvalue weighted by Crippen LogP contribution is -2.28. The van der Waals surface area contributed by atoms with Crippen LogP contribution in [0.3, 0.4) is 0 Å². The Morgan fingerprint density at radius 1 is 1.44 bits per heavy atom. The third-order valence-electron chi connectivity index (χ3n) is 1.33. The van der Waals surface area contributed by atoms with Crippen molar-refractivity contribution in [3.63, 3.8) is 0 Å². The number of carboxylic acid groups (broad SMARTS) is 1. The summed E-state index contributed by atoms with van der Waals surface area (Å²) < 4.78 is 60.5. The van der Waals surface area contributed by atoms with E-state index in [1.807, 2.05) is 0 Å². The van der Waals surface area contributed by atoms with Crippen molar-refractivity contribution in [2.24, 2.45) is 0 Å².